The summed E-state index contributed by atoms with van der Waals surface area (Å²) in [7, 11) is 0. The molecule has 39 heavy (non-hydrogen) atoms. The summed E-state index contributed by atoms with van der Waals surface area (Å²) in [6, 6.07) is 18.1. The van der Waals surface area contributed by atoms with Gasteiger partial charge in [0.05, 0.1) is 5.41 Å². The molecule has 3 nitrogen and oxygen atoms in total. The topological polar surface area (TPSA) is 46.5 Å². The number of carbonyl (C=O) groups is 1. The van der Waals surface area contributed by atoms with Crippen LogP contribution in [0.1, 0.15) is 131 Å². The number of rotatable bonds is 7. The summed E-state index contributed by atoms with van der Waals surface area (Å²) in [5.74, 6) is 2.36. The summed E-state index contributed by atoms with van der Waals surface area (Å²) in [6.07, 6.45) is 6.90. The molecule has 2 aromatic rings. The third-order valence-corrected chi connectivity index (χ3v) is 10.5. The first-order chi connectivity index (χ1) is 18.2. The molecular formula is C36H56O3. The average molecular weight is 537 g/mol. The number of aromatic hydroxyl groups is 1. The van der Waals surface area contributed by atoms with Crippen LogP contribution in [0.5, 0.6) is 5.75 Å². The van der Waals surface area contributed by atoms with Crippen molar-refractivity contribution in [2.45, 2.75) is 126 Å². The second-order valence-electron chi connectivity index (χ2n) is 13.4. The van der Waals surface area contributed by atoms with E-state index in [4.69, 9.17) is 9.84 Å². The fourth-order valence-electron chi connectivity index (χ4n) is 5.80. The van der Waals surface area contributed by atoms with Gasteiger partial charge in [0.15, 0.2) is 0 Å². The molecule has 5 unspecified atom stereocenters. The SMILES string of the molecule is CCC(C)(C)C(=O)OC1CC2CCC1(C)C2(C)C.CCC(C)c1ccc(O)cc1.CCC(C)c1ccccc1. The number of esters is 1. The highest BCUT2D eigenvalue weighted by Crippen LogP contribution is 2.66. The fourth-order valence-corrected chi connectivity index (χ4v) is 5.80. The Bertz CT molecular complexity index is 1010. The molecule has 2 saturated carbocycles. The Balaban J connectivity index is 0.000000219. The lowest BCUT2D eigenvalue weighted by Gasteiger charge is -2.39. The zero-order chi connectivity index (χ0) is 29.4. The molecule has 0 heterocycles. The Morgan fingerprint density at radius 3 is 1.85 bits per heavy atom. The van der Waals surface area contributed by atoms with Crippen LogP contribution in [0.4, 0.5) is 0 Å². The van der Waals surface area contributed by atoms with Gasteiger partial charge in [-0.05, 0) is 98.8 Å². The molecular weight excluding hydrogens is 480 g/mol. The second-order valence-corrected chi connectivity index (χ2v) is 13.4. The predicted molar refractivity (Wildman–Crippen MR) is 165 cm³/mol. The standard InChI is InChI=1S/C16H28O2.C10H14O.C10H14/c1-7-14(2,3)13(17)18-12-10-11-8-9-16(12,6)15(11,4)5;1-3-8(2)9-4-6-10(11)7-5-9;1-3-9(2)10-7-5-4-6-8-10/h11-12H,7-10H2,1-6H3;4-8,11H,3H2,1-2H3;4-9H,3H2,1-2H3. The minimum atomic E-state index is -0.345. The lowest BCUT2D eigenvalue weighted by molar-refractivity contribution is -0.167. The zero-order valence-corrected chi connectivity index (χ0v) is 26.5. The highest BCUT2D eigenvalue weighted by Gasteiger charge is 2.63. The molecule has 218 valence electrons. The second kappa shape index (κ2) is 13.9. The first kappa shape index (κ1) is 32.9. The van der Waals surface area contributed by atoms with Crippen molar-refractivity contribution in [1.82, 2.24) is 0 Å². The Kier molecular flexibility index (Phi) is 11.7. The number of fused-ring (bicyclic) bond motifs is 2. The van der Waals surface area contributed by atoms with Crippen LogP contribution in [0, 0.1) is 22.2 Å². The number of benzene rings is 2. The predicted octanol–water partition coefficient (Wildman–Crippen LogP) is 10.3. The Hall–Kier alpha value is -2.29. The summed E-state index contributed by atoms with van der Waals surface area (Å²) >= 11 is 0. The van der Waals surface area contributed by atoms with E-state index in [2.05, 4.69) is 78.8 Å². The van der Waals surface area contributed by atoms with Crippen LogP contribution in [0.15, 0.2) is 54.6 Å². The molecule has 0 spiro atoms. The molecule has 0 amide bonds. The maximum Gasteiger partial charge on any atom is 0.311 e. The van der Waals surface area contributed by atoms with Gasteiger partial charge in [-0.15, -0.1) is 0 Å². The van der Waals surface area contributed by atoms with Crippen molar-refractivity contribution in [3.8, 4) is 5.75 Å². The number of phenols is 1. The Labute approximate surface area is 239 Å². The van der Waals surface area contributed by atoms with E-state index in [-0.39, 0.29) is 22.9 Å². The number of ether oxygens (including phenoxy) is 1. The maximum atomic E-state index is 12.3. The highest BCUT2D eigenvalue weighted by molar-refractivity contribution is 5.76. The van der Waals surface area contributed by atoms with Gasteiger partial charge >= 0.3 is 5.97 Å². The van der Waals surface area contributed by atoms with E-state index in [1.165, 1.54) is 30.4 Å². The van der Waals surface area contributed by atoms with Crippen molar-refractivity contribution in [2.75, 3.05) is 0 Å². The monoisotopic (exact) mass is 536 g/mol. The summed E-state index contributed by atoms with van der Waals surface area (Å²) < 4.78 is 5.90. The van der Waals surface area contributed by atoms with Crippen LogP contribution in [0.25, 0.3) is 0 Å². The largest absolute Gasteiger partial charge is 0.508 e. The normalized spacial score (nSPS) is 24.5. The van der Waals surface area contributed by atoms with Crippen LogP contribution in [-0.2, 0) is 9.53 Å². The smallest absolute Gasteiger partial charge is 0.311 e. The molecule has 0 saturated heterocycles. The number of carbonyl (C=O) groups excluding carboxylic acids is 1. The van der Waals surface area contributed by atoms with Crippen LogP contribution in [0.3, 0.4) is 0 Å². The molecule has 0 radical (unpaired) electrons. The molecule has 2 bridgehead atoms. The molecule has 2 aliphatic rings. The summed E-state index contributed by atoms with van der Waals surface area (Å²) in [6.45, 7) is 21.9. The zero-order valence-electron chi connectivity index (χ0n) is 26.5. The summed E-state index contributed by atoms with van der Waals surface area (Å²) in [4.78, 5) is 12.3. The Morgan fingerprint density at radius 1 is 0.923 bits per heavy atom. The maximum absolute atomic E-state index is 12.3. The summed E-state index contributed by atoms with van der Waals surface area (Å²) in [5, 5.41) is 9.01. The fraction of sp³-hybridized carbons (Fsp3) is 0.639. The van der Waals surface area contributed by atoms with Gasteiger partial charge in [-0.3, -0.25) is 4.79 Å². The molecule has 1 N–H and O–H groups in total. The lowest BCUT2D eigenvalue weighted by atomic mass is 9.70. The van der Waals surface area contributed by atoms with Crippen molar-refractivity contribution in [1.29, 1.82) is 0 Å². The molecule has 3 heteroatoms. The average Bonchev–Trinajstić information content (AvgIpc) is 3.27. The Morgan fingerprint density at radius 2 is 1.44 bits per heavy atom. The minimum Gasteiger partial charge on any atom is -0.508 e. The molecule has 2 aromatic carbocycles. The molecule has 2 fully saturated rings. The number of phenolic OH excluding ortho intramolecular Hbond substituents is 1. The van der Waals surface area contributed by atoms with E-state index in [9.17, 15) is 4.79 Å². The van der Waals surface area contributed by atoms with Crippen molar-refractivity contribution in [3.05, 3.63) is 65.7 Å². The van der Waals surface area contributed by atoms with Crippen LogP contribution < -0.4 is 0 Å². The van der Waals surface area contributed by atoms with Gasteiger partial charge in [-0.2, -0.15) is 0 Å². The van der Waals surface area contributed by atoms with Crippen molar-refractivity contribution < 1.29 is 14.6 Å². The summed E-state index contributed by atoms with van der Waals surface area (Å²) in [5.41, 5.74) is 2.89. The van der Waals surface area contributed by atoms with Gasteiger partial charge in [-0.25, -0.2) is 0 Å². The van der Waals surface area contributed by atoms with Gasteiger partial charge in [0.25, 0.3) is 0 Å². The van der Waals surface area contributed by atoms with E-state index in [1.54, 1.807) is 12.1 Å². The van der Waals surface area contributed by atoms with E-state index in [0.717, 1.165) is 25.2 Å². The first-order valence-electron chi connectivity index (χ1n) is 15.3. The molecule has 4 rings (SSSR count). The van der Waals surface area contributed by atoms with Gasteiger partial charge in [0.1, 0.15) is 11.9 Å². The van der Waals surface area contributed by atoms with Crippen LogP contribution >= 0.6 is 0 Å². The van der Waals surface area contributed by atoms with Crippen molar-refractivity contribution >= 4 is 5.97 Å². The lowest BCUT2D eigenvalue weighted by Crippen LogP contribution is -2.40. The highest BCUT2D eigenvalue weighted by atomic mass is 16.5. The first-order valence-corrected chi connectivity index (χ1v) is 15.3. The van der Waals surface area contributed by atoms with E-state index in [0.29, 0.717) is 23.0 Å². The molecule has 0 aromatic heterocycles. The van der Waals surface area contributed by atoms with Crippen molar-refractivity contribution in [2.24, 2.45) is 22.2 Å². The minimum absolute atomic E-state index is 0.0143. The van der Waals surface area contributed by atoms with Crippen molar-refractivity contribution in [3.63, 3.8) is 0 Å². The molecule has 5 atom stereocenters. The van der Waals surface area contributed by atoms with Gasteiger partial charge in [-0.1, -0.05) is 97.9 Å². The van der Waals surface area contributed by atoms with E-state index >= 15 is 0 Å². The third-order valence-electron chi connectivity index (χ3n) is 10.5. The molecule has 0 aliphatic heterocycles. The van der Waals surface area contributed by atoms with Gasteiger partial charge in [0.2, 0.25) is 0 Å². The van der Waals surface area contributed by atoms with E-state index in [1.807, 2.05) is 32.9 Å². The van der Waals surface area contributed by atoms with E-state index < -0.39 is 0 Å². The number of hydrogen-bond acceptors (Lipinski definition) is 3. The third kappa shape index (κ3) is 7.89. The quantitative estimate of drug-likeness (QED) is 0.358. The molecule has 2 aliphatic carbocycles. The van der Waals surface area contributed by atoms with Gasteiger partial charge < -0.3 is 9.84 Å². The van der Waals surface area contributed by atoms with Gasteiger partial charge in [0, 0.05) is 5.41 Å². The number of hydrogen-bond donors (Lipinski definition) is 1. The van der Waals surface area contributed by atoms with Crippen LogP contribution in [-0.4, -0.2) is 17.2 Å². The van der Waals surface area contributed by atoms with Crippen LogP contribution in [0.2, 0.25) is 0 Å².